The fourth-order valence-corrected chi connectivity index (χ4v) is 46.8. The summed E-state index contributed by atoms with van der Waals surface area (Å²) in [6.07, 6.45) is 19.1. The van der Waals surface area contributed by atoms with E-state index in [-0.39, 0.29) is 35.6 Å². The van der Waals surface area contributed by atoms with Crippen LogP contribution in [0, 0.1) is 0 Å². The van der Waals surface area contributed by atoms with Crippen molar-refractivity contribution in [1.82, 2.24) is 0 Å². The first-order chi connectivity index (χ1) is 25.5. The van der Waals surface area contributed by atoms with E-state index in [9.17, 15) is 0 Å². The van der Waals surface area contributed by atoms with E-state index in [4.69, 9.17) is 0 Å². The number of hydrogen-bond donors (Lipinski definition) is 0. The molecule has 1 saturated heterocycles. The van der Waals surface area contributed by atoms with Gasteiger partial charge in [-0.05, 0) is 0 Å². The van der Waals surface area contributed by atoms with Crippen LogP contribution < -0.4 is 0 Å². The zero-order valence-electron chi connectivity index (χ0n) is 34.9. The molecule has 2 fully saturated rings. The maximum absolute atomic E-state index is 3.29. The van der Waals surface area contributed by atoms with E-state index in [2.05, 4.69) is 152 Å². The Morgan fingerprint density at radius 2 is 0.909 bits per heavy atom. The molecule has 0 radical (unpaired) electrons. The molecule has 4 aromatic rings. The standard InChI is InChI=1S/2C23H27.C6H10.2ClH.Hf/c2*1-5-6-8-17-15-19-9-7-10-21(22(19)16-17)18-11-13-20(14-12-18)23(2,3)4;1-2-4-6-5-3-1;;;/h2*7,9-16H,5-6,8H2,1-4H3;1-2H,3-6H2;2*1H;. The topological polar surface area (TPSA) is 0 Å². The van der Waals surface area contributed by atoms with Gasteiger partial charge in [-0.15, -0.1) is 24.8 Å². The van der Waals surface area contributed by atoms with E-state index in [0.29, 0.717) is 7.35 Å². The average Bonchev–Trinajstić information content (AvgIpc) is 3.42. The van der Waals surface area contributed by atoms with Gasteiger partial charge in [0.05, 0.1) is 0 Å². The third-order valence-corrected chi connectivity index (χ3v) is 38.9. The number of unbranched alkanes of at least 4 members (excludes halogenated alkanes) is 2. The molecule has 3 aliphatic carbocycles. The predicted molar refractivity (Wildman–Crippen MR) is 242 cm³/mol. The number of allylic oxidation sites excluding steroid dienone is 2. The summed E-state index contributed by atoms with van der Waals surface area (Å²) in [7, 11) is 0. The van der Waals surface area contributed by atoms with Crippen LogP contribution >= 0.6 is 24.8 Å². The van der Waals surface area contributed by atoms with Gasteiger partial charge in [0, 0.05) is 0 Å². The summed E-state index contributed by atoms with van der Waals surface area (Å²) in [4.78, 5) is 0. The SMILES string of the molecule is CCCCC1=Cc2c(-c3ccc(C(C)(C)C)cc3)cccc2[CH]1[Hf]1([CH]2C(CCCC)=Cc3c(-c4ccc(C(C)(C)C)cc4)cccc32)[CH]2CCCC[CH]21.Cl.Cl. The summed E-state index contributed by atoms with van der Waals surface area (Å²) in [5.41, 5.74) is 19.1. The Kier molecular flexibility index (Phi) is 12.8. The molecule has 0 bridgehead atoms. The van der Waals surface area contributed by atoms with Crippen LogP contribution in [0.4, 0.5) is 0 Å². The number of halogens is 2. The molecule has 1 saturated carbocycles. The quantitative estimate of drug-likeness (QED) is 0.139. The molecule has 0 N–H and O–H groups in total. The zero-order chi connectivity index (χ0) is 37.1. The van der Waals surface area contributed by atoms with Crippen LogP contribution in [0.3, 0.4) is 0 Å². The third-order valence-electron chi connectivity index (χ3n) is 14.0. The number of hydrogen-bond acceptors (Lipinski definition) is 0. The molecule has 3 heteroatoms. The predicted octanol–water partition coefficient (Wildman–Crippen LogP) is 16.7. The van der Waals surface area contributed by atoms with Crippen molar-refractivity contribution in [3.8, 4) is 22.3 Å². The summed E-state index contributed by atoms with van der Waals surface area (Å²) in [6.45, 7) is 18.7. The fourth-order valence-electron chi connectivity index (χ4n) is 11.3. The van der Waals surface area contributed by atoms with E-state index in [1.54, 1.807) is 22.3 Å². The second-order valence-corrected chi connectivity index (χ2v) is 35.9. The summed E-state index contributed by atoms with van der Waals surface area (Å²) in [5, 5.41) is 0. The van der Waals surface area contributed by atoms with E-state index in [1.165, 1.54) is 97.6 Å². The first-order valence-corrected chi connectivity index (χ1v) is 29.7. The Morgan fingerprint density at radius 1 is 0.527 bits per heavy atom. The molecule has 1 heterocycles. The minimum atomic E-state index is -3.29. The van der Waals surface area contributed by atoms with E-state index < -0.39 is 20.0 Å². The molecule has 8 rings (SSSR count). The van der Waals surface area contributed by atoms with Crippen molar-refractivity contribution < 1.29 is 20.0 Å². The maximum Gasteiger partial charge on any atom is -0.147 e. The molecular weight excluding hydrogens is 874 g/mol. The molecule has 0 amide bonds. The molecule has 0 spiro atoms. The Morgan fingerprint density at radius 3 is 1.25 bits per heavy atom. The normalized spacial score (nSPS) is 23.8. The molecule has 4 atom stereocenters. The molecule has 292 valence electrons. The molecule has 0 nitrogen and oxygen atoms in total. The van der Waals surface area contributed by atoms with Crippen molar-refractivity contribution in [2.75, 3.05) is 0 Å². The van der Waals surface area contributed by atoms with Crippen molar-refractivity contribution in [2.24, 2.45) is 0 Å². The van der Waals surface area contributed by atoms with Gasteiger partial charge in [-0.25, -0.2) is 0 Å². The van der Waals surface area contributed by atoms with Gasteiger partial charge in [0.1, 0.15) is 0 Å². The van der Waals surface area contributed by atoms with Gasteiger partial charge in [0.25, 0.3) is 0 Å². The summed E-state index contributed by atoms with van der Waals surface area (Å²) < 4.78 is 3.45. The molecule has 0 aromatic heterocycles. The second-order valence-electron chi connectivity index (χ2n) is 19.3. The minimum Gasteiger partial charge on any atom is -0.147 e. The van der Waals surface area contributed by atoms with Gasteiger partial charge >= 0.3 is 329 Å². The van der Waals surface area contributed by atoms with Crippen LogP contribution in [0.1, 0.15) is 160 Å². The van der Waals surface area contributed by atoms with Crippen LogP contribution in [-0.4, -0.2) is 0 Å². The maximum atomic E-state index is 2.76. The van der Waals surface area contributed by atoms with Gasteiger partial charge in [-0.1, -0.05) is 0 Å². The molecule has 4 unspecified atom stereocenters. The summed E-state index contributed by atoms with van der Waals surface area (Å²) in [6, 6.07) is 34.1. The number of benzene rings is 4. The van der Waals surface area contributed by atoms with E-state index >= 15 is 0 Å². The van der Waals surface area contributed by atoms with Crippen LogP contribution in [0.5, 0.6) is 0 Å². The van der Waals surface area contributed by atoms with Crippen LogP contribution in [-0.2, 0) is 30.8 Å². The Balaban J connectivity index is 0.00000257. The van der Waals surface area contributed by atoms with Gasteiger partial charge in [-0.2, -0.15) is 0 Å². The molecule has 4 aliphatic rings. The van der Waals surface area contributed by atoms with Gasteiger partial charge < -0.3 is 0 Å². The zero-order valence-corrected chi connectivity index (χ0v) is 40.2. The Labute approximate surface area is 351 Å². The Hall–Kier alpha value is -2.19. The van der Waals surface area contributed by atoms with Crippen molar-refractivity contribution in [3.63, 3.8) is 0 Å². The monoisotopic (exact) mass is 940 g/mol. The smallest absolute Gasteiger partial charge is 0.147 e. The molecular formula is C52H66Cl2Hf. The largest absolute Gasteiger partial charge is 0.147 e. The van der Waals surface area contributed by atoms with Gasteiger partial charge in [0.2, 0.25) is 0 Å². The van der Waals surface area contributed by atoms with Crippen molar-refractivity contribution >= 4 is 37.0 Å². The van der Waals surface area contributed by atoms with Crippen molar-refractivity contribution in [2.45, 2.75) is 145 Å². The van der Waals surface area contributed by atoms with Gasteiger partial charge in [0.15, 0.2) is 0 Å². The van der Waals surface area contributed by atoms with Crippen LogP contribution in [0.2, 0.25) is 7.35 Å². The number of rotatable bonds is 10. The first-order valence-electron chi connectivity index (χ1n) is 21.4. The fraction of sp³-hybridized carbons (Fsp3) is 0.462. The summed E-state index contributed by atoms with van der Waals surface area (Å²) >= 11 is -3.29. The van der Waals surface area contributed by atoms with Gasteiger partial charge in [-0.3, -0.25) is 0 Å². The third kappa shape index (κ3) is 7.51. The average molecular weight is 940 g/mol. The molecule has 55 heavy (non-hydrogen) atoms. The van der Waals surface area contributed by atoms with Crippen molar-refractivity contribution in [1.29, 1.82) is 0 Å². The first kappa shape index (κ1) is 42.4. The minimum absolute atomic E-state index is 0. The second kappa shape index (κ2) is 16.6. The Bertz CT molecular complexity index is 1890. The number of fused-ring (bicyclic) bond motifs is 3. The van der Waals surface area contributed by atoms with E-state index in [0.717, 1.165) is 7.35 Å². The van der Waals surface area contributed by atoms with Crippen LogP contribution in [0.25, 0.3) is 34.4 Å². The molecule has 4 aromatic carbocycles. The molecule has 1 aliphatic heterocycles. The van der Waals surface area contributed by atoms with Crippen LogP contribution in [0.15, 0.2) is 96.1 Å². The van der Waals surface area contributed by atoms with E-state index in [1.807, 2.05) is 11.1 Å². The summed E-state index contributed by atoms with van der Waals surface area (Å²) in [5.74, 6) is 0. The van der Waals surface area contributed by atoms with Crippen molar-refractivity contribution in [3.05, 3.63) is 129 Å².